The van der Waals surface area contributed by atoms with Crippen molar-refractivity contribution >= 4 is 22.3 Å². The van der Waals surface area contributed by atoms with Gasteiger partial charge in [0.25, 0.3) is 5.56 Å². The van der Waals surface area contributed by atoms with Crippen molar-refractivity contribution in [1.29, 1.82) is 0 Å². The van der Waals surface area contributed by atoms with Gasteiger partial charge in [-0.05, 0) is 55.8 Å². The number of hydrogen-bond donors (Lipinski definition) is 1. The maximum absolute atomic E-state index is 12.5. The van der Waals surface area contributed by atoms with Gasteiger partial charge in [0.05, 0.1) is 17.7 Å². The molecule has 0 spiro atoms. The van der Waals surface area contributed by atoms with E-state index < -0.39 is 5.60 Å². The van der Waals surface area contributed by atoms with Crippen molar-refractivity contribution in [3.05, 3.63) is 33.7 Å². The molecule has 6 rings (SSSR count). The maximum atomic E-state index is 12.5. The van der Waals surface area contributed by atoms with E-state index in [0.29, 0.717) is 28.9 Å². The van der Waals surface area contributed by atoms with Gasteiger partial charge in [-0.2, -0.15) is 0 Å². The Balaban J connectivity index is 1.27. The first-order valence-electron chi connectivity index (χ1n) is 9.26. The highest BCUT2D eigenvalue weighted by atomic mass is 32.1. The lowest BCUT2D eigenvalue weighted by molar-refractivity contribution is -0.177. The number of thiazole rings is 1. The number of fused-ring (bicyclic) bond motifs is 1. The van der Waals surface area contributed by atoms with Gasteiger partial charge < -0.3 is 9.84 Å². The quantitative estimate of drug-likeness (QED) is 0.832. The Morgan fingerprint density at radius 1 is 1.35 bits per heavy atom. The summed E-state index contributed by atoms with van der Waals surface area (Å²) in [5, 5.41) is 12.6. The first kappa shape index (κ1) is 16.4. The summed E-state index contributed by atoms with van der Waals surface area (Å²) in [6, 6.07) is 1.42. The molecule has 138 valence electrons. The fourth-order valence-electron chi connectivity index (χ4n) is 6.08. The van der Waals surface area contributed by atoms with E-state index in [-0.39, 0.29) is 23.6 Å². The minimum Gasteiger partial charge on any atom is -0.459 e. The molecule has 2 aromatic rings. The van der Waals surface area contributed by atoms with Crippen LogP contribution in [0.1, 0.15) is 50.6 Å². The summed E-state index contributed by atoms with van der Waals surface area (Å²) in [6.07, 6.45) is 7.83. The van der Waals surface area contributed by atoms with Crippen molar-refractivity contribution in [2.24, 2.45) is 17.3 Å². The van der Waals surface area contributed by atoms with Gasteiger partial charge >= 0.3 is 5.97 Å². The summed E-state index contributed by atoms with van der Waals surface area (Å²) in [6.45, 7) is 0.0235. The zero-order valence-electron chi connectivity index (χ0n) is 14.5. The van der Waals surface area contributed by atoms with Crippen molar-refractivity contribution in [1.82, 2.24) is 9.38 Å². The van der Waals surface area contributed by atoms with Crippen LogP contribution in [0.4, 0.5) is 0 Å². The van der Waals surface area contributed by atoms with Crippen LogP contribution in [-0.4, -0.2) is 26.1 Å². The number of rotatable bonds is 4. The highest BCUT2D eigenvalue weighted by Crippen LogP contribution is 2.62. The fourth-order valence-corrected chi connectivity index (χ4v) is 6.82. The predicted molar refractivity (Wildman–Crippen MR) is 95.8 cm³/mol. The molecule has 4 fully saturated rings. The van der Waals surface area contributed by atoms with E-state index in [1.807, 2.05) is 0 Å². The Morgan fingerprint density at radius 2 is 2.12 bits per heavy atom. The number of esters is 1. The molecule has 0 amide bonds. The average molecular weight is 374 g/mol. The van der Waals surface area contributed by atoms with E-state index in [0.717, 1.165) is 32.1 Å². The highest BCUT2D eigenvalue weighted by molar-refractivity contribution is 7.15. The van der Waals surface area contributed by atoms with Crippen molar-refractivity contribution in [2.45, 2.75) is 57.2 Å². The zero-order chi connectivity index (χ0) is 17.9. The molecule has 6 nitrogen and oxygen atoms in total. The molecule has 0 aromatic carbocycles. The third-order valence-corrected chi connectivity index (χ3v) is 7.16. The van der Waals surface area contributed by atoms with Crippen LogP contribution in [0, 0.1) is 17.3 Å². The number of hydrogen-bond acceptors (Lipinski definition) is 6. The Kier molecular flexibility index (Phi) is 3.56. The number of nitrogens with zero attached hydrogens (tertiary/aromatic N) is 2. The molecular weight excluding hydrogens is 352 g/mol. The van der Waals surface area contributed by atoms with Crippen molar-refractivity contribution < 1.29 is 14.6 Å². The molecule has 0 saturated heterocycles. The van der Waals surface area contributed by atoms with Crippen LogP contribution in [-0.2, 0) is 16.1 Å². The van der Waals surface area contributed by atoms with Crippen molar-refractivity contribution in [3.8, 4) is 0 Å². The van der Waals surface area contributed by atoms with Crippen molar-refractivity contribution in [3.63, 3.8) is 0 Å². The second kappa shape index (κ2) is 5.63. The Bertz CT molecular complexity index is 919. The van der Waals surface area contributed by atoms with E-state index in [9.17, 15) is 14.7 Å². The van der Waals surface area contributed by atoms with E-state index >= 15 is 0 Å². The van der Waals surface area contributed by atoms with Gasteiger partial charge in [0.2, 0.25) is 0 Å². The lowest BCUT2D eigenvalue weighted by Crippen LogP contribution is -2.56. The fraction of sp³-hybridized carbons (Fsp3) is 0.632. The molecular formula is C19H22N2O4S. The summed E-state index contributed by atoms with van der Waals surface area (Å²) in [5.41, 5.74) is -0.341. The molecule has 0 radical (unpaired) electrons. The number of carbonyl (C=O) groups excluding carboxylic acids is 1. The summed E-state index contributed by atoms with van der Waals surface area (Å²) in [4.78, 5) is 29.5. The Morgan fingerprint density at radius 3 is 2.85 bits per heavy atom. The number of carbonyl (C=O) groups is 1. The van der Waals surface area contributed by atoms with Gasteiger partial charge in [-0.1, -0.05) is 0 Å². The molecule has 1 N–H and O–H groups in total. The topological polar surface area (TPSA) is 80.9 Å². The molecule has 4 saturated carbocycles. The first-order valence-corrected chi connectivity index (χ1v) is 10.1. The first-order chi connectivity index (χ1) is 12.4. The summed E-state index contributed by atoms with van der Waals surface area (Å²) < 4.78 is 6.93. The SMILES string of the molecule is O=C(CC12CC3CC(CC(O)(C3)C1)C2)OCc1cc(=O)n2ccsc2n1. The van der Waals surface area contributed by atoms with E-state index in [4.69, 9.17) is 4.74 Å². The standard InChI is InChI=1S/C19H22N2O4S/c22-15-4-14(20-17-21(15)1-2-26-17)10-25-16(23)9-18-5-12-3-13(6-18)8-19(24,7-12)11-18/h1-2,4,12-13,24H,3,5-11H2. The van der Waals surface area contributed by atoms with Gasteiger partial charge in [-0.15, -0.1) is 11.3 Å². The van der Waals surface area contributed by atoms with Crippen LogP contribution in [0.15, 0.2) is 22.4 Å². The predicted octanol–water partition coefficient (Wildman–Crippen LogP) is 2.52. The molecule has 2 atom stereocenters. The second-order valence-electron chi connectivity index (χ2n) is 8.66. The van der Waals surface area contributed by atoms with Gasteiger partial charge in [0, 0.05) is 17.6 Å². The monoisotopic (exact) mass is 374 g/mol. The molecule has 4 aliphatic rings. The summed E-state index contributed by atoms with van der Waals surface area (Å²) in [7, 11) is 0. The van der Waals surface area contributed by atoms with E-state index in [1.165, 1.54) is 28.2 Å². The third-order valence-electron chi connectivity index (χ3n) is 6.41. The van der Waals surface area contributed by atoms with E-state index in [1.54, 1.807) is 11.6 Å². The van der Waals surface area contributed by atoms with Gasteiger partial charge in [0.1, 0.15) is 6.61 Å². The summed E-state index contributed by atoms with van der Waals surface area (Å²) >= 11 is 1.38. The Hall–Kier alpha value is -1.73. The molecule has 2 heterocycles. The lowest BCUT2D eigenvalue weighted by atomic mass is 9.47. The summed E-state index contributed by atoms with van der Waals surface area (Å²) in [5.74, 6) is 0.859. The van der Waals surface area contributed by atoms with Gasteiger partial charge in [-0.3, -0.25) is 14.0 Å². The van der Waals surface area contributed by atoms with E-state index in [2.05, 4.69) is 4.98 Å². The van der Waals surface area contributed by atoms with Crippen LogP contribution in [0.5, 0.6) is 0 Å². The van der Waals surface area contributed by atoms with Crippen LogP contribution in [0.3, 0.4) is 0 Å². The molecule has 4 bridgehead atoms. The highest BCUT2D eigenvalue weighted by Gasteiger charge is 2.57. The smallest absolute Gasteiger partial charge is 0.306 e. The number of aliphatic hydroxyl groups is 1. The number of aromatic nitrogens is 2. The lowest BCUT2D eigenvalue weighted by Gasteiger charge is -2.60. The molecule has 2 unspecified atom stereocenters. The molecule has 26 heavy (non-hydrogen) atoms. The van der Waals surface area contributed by atoms with Crippen LogP contribution >= 0.6 is 11.3 Å². The minimum absolute atomic E-state index is 0.0235. The molecule has 7 heteroatoms. The molecule has 4 aliphatic carbocycles. The Labute approximate surface area is 154 Å². The second-order valence-corrected chi connectivity index (χ2v) is 9.54. The van der Waals surface area contributed by atoms with Gasteiger partial charge in [0.15, 0.2) is 4.96 Å². The van der Waals surface area contributed by atoms with Gasteiger partial charge in [-0.25, -0.2) is 4.98 Å². The average Bonchev–Trinajstić information content (AvgIpc) is 2.99. The molecule has 2 aromatic heterocycles. The largest absolute Gasteiger partial charge is 0.459 e. The van der Waals surface area contributed by atoms with Crippen LogP contribution in [0.25, 0.3) is 4.96 Å². The van der Waals surface area contributed by atoms with Crippen molar-refractivity contribution in [2.75, 3.05) is 0 Å². The van der Waals surface area contributed by atoms with Crippen LogP contribution in [0.2, 0.25) is 0 Å². The maximum Gasteiger partial charge on any atom is 0.306 e. The van der Waals surface area contributed by atoms with Crippen LogP contribution < -0.4 is 5.56 Å². The zero-order valence-corrected chi connectivity index (χ0v) is 15.3. The normalized spacial score (nSPS) is 35.1. The molecule has 0 aliphatic heterocycles. The number of ether oxygens (including phenoxy) is 1. The minimum atomic E-state index is -0.565. The third kappa shape index (κ3) is 2.77.